The summed E-state index contributed by atoms with van der Waals surface area (Å²) in [5.41, 5.74) is 2.17. The van der Waals surface area contributed by atoms with Crippen molar-refractivity contribution in [3.05, 3.63) is 53.7 Å². The average molecular weight is 387 g/mol. The van der Waals surface area contributed by atoms with Gasteiger partial charge in [-0.25, -0.2) is 0 Å². The largest absolute Gasteiger partial charge is 0.491 e. The Kier molecular flexibility index (Phi) is 5.48. The monoisotopic (exact) mass is 386 g/mol. The number of fused-ring (bicyclic) bond motifs is 1. The second-order valence-electron chi connectivity index (χ2n) is 6.85. The van der Waals surface area contributed by atoms with Gasteiger partial charge >= 0.3 is 0 Å². The lowest BCUT2D eigenvalue weighted by Crippen LogP contribution is -2.49. The Morgan fingerprint density at radius 2 is 1.89 bits per heavy atom. The number of ether oxygens (including phenoxy) is 1. The number of H-pyrrole nitrogens is 1. The van der Waals surface area contributed by atoms with Crippen molar-refractivity contribution < 1.29 is 9.84 Å². The van der Waals surface area contributed by atoms with Gasteiger partial charge in [-0.3, -0.25) is 10.00 Å². The van der Waals surface area contributed by atoms with E-state index in [0.29, 0.717) is 6.54 Å². The Bertz CT molecular complexity index is 875. The number of nitrogens with one attached hydrogen (secondary N) is 1. The Labute approximate surface area is 163 Å². The highest BCUT2D eigenvalue weighted by molar-refractivity contribution is 6.30. The third-order valence-corrected chi connectivity index (χ3v) is 5.14. The van der Waals surface area contributed by atoms with E-state index < -0.39 is 6.10 Å². The third-order valence-electron chi connectivity index (χ3n) is 4.89. The molecule has 1 aromatic heterocycles. The van der Waals surface area contributed by atoms with E-state index in [1.54, 1.807) is 6.20 Å². The van der Waals surface area contributed by atoms with Gasteiger partial charge in [0.25, 0.3) is 0 Å². The number of aromatic nitrogens is 2. The van der Waals surface area contributed by atoms with E-state index in [2.05, 4.69) is 32.1 Å². The summed E-state index contributed by atoms with van der Waals surface area (Å²) < 4.78 is 5.75. The van der Waals surface area contributed by atoms with E-state index in [1.807, 2.05) is 30.3 Å². The molecule has 1 saturated heterocycles. The summed E-state index contributed by atoms with van der Waals surface area (Å²) in [7, 11) is 0. The van der Waals surface area contributed by atoms with Gasteiger partial charge in [-0.15, -0.1) is 0 Å². The van der Waals surface area contributed by atoms with Crippen LogP contribution in [0.2, 0.25) is 5.02 Å². The van der Waals surface area contributed by atoms with E-state index in [1.165, 1.54) is 5.69 Å². The first kappa shape index (κ1) is 18.1. The van der Waals surface area contributed by atoms with E-state index in [0.717, 1.165) is 47.9 Å². The number of aliphatic hydroxyl groups excluding tert-OH is 1. The number of nitrogens with zero attached hydrogens (tertiary/aromatic N) is 3. The minimum Gasteiger partial charge on any atom is -0.491 e. The topological polar surface area (TPSA) is 64.6 Å². The van der Waals surface area contributed by atoms with Crippen molar-refractivity contribution in [3.63, 3.8) is 0 Å². The van der Waals surface area contributed by atoms with Crippen LogP contribution in [0.25, 0.3) is 10.9 Å². The normalized spacial score (nSPS) is 16.6. The number of aliphatic hydroxyl groups is 1. The van der Waals surface area contributed by atoms with Gasteiger partial charge in [-0.2, -0.15) is 5.10 Å². The van der Waals surface area contributed by atoms with Crippen molar-refractivity contribution >= 4 is 28.2 Å². The Hall–Kier alpha value is -2.28. The molecule has 4 rings (SSSR count). The van der Waals surface area contributed by atoms with Gasteiger partial charge in [0.1, 0.15) is 18.5 Å². The van der Waals surface area contributed by atoms with Crippen LogP contribution in [-0.2, 0) is 0 Å². The van der Waals surface area contributed by atoms with Crippen LogP contribution in [0.1, 0.15) is 0 Å². The lowest BCUT2D eigenvalue weighted by molar-refractivity contribution is 0.0663. The number of halogens is 1. The van der Waals surface area contributed by atoms with Crippen molar-refractivity contribution in [1.82, 2.24) is 15.1 Å². The summed E-state index contributed by atoms with van der Waals surface area (Å²) in [6.45, 7) is 4.60. The summed E-state index contributed by atoms with van der Waals surface area (Å²) in [5, 5.41) is 19.0. The average Bonchev–Trinajstić information content (AvgIpc) is 3.15. The lowest BCUT2D eigenvalue weighted by atomic mass is 10.2. The third kappa shape index (κ3) is 4.53. The molecule has 0 radical (unpaired) electrons. The molecule has 1 fully saturated rings. The first-order valence-electron chi connectivity index (χ1n) is 9.14. The predicted octanol–water partition coefficient (Wildman–Crippen LogP) is 2.78. The van der Waals surface area contributed by atoms with E-state index in [-0.39, 0.29) is 6.61 Å². The lowest BCUT2D eigenvalue weighted by Gasteiger charge is -2.36. The number of hydrogen-bond donors (Lipinski definition) is 2. The fourth-order valence-corrected chi connectivity index (χ4v) is 3.52. The molecular weight excluding hydrogens is 364 g/mol. The highest BCUT2D eigenvalue weighted by atomic mass is 35.5. The fraction of sp³-hybridized carbons (Fsp3) is 0.350. The zero-order chi connectivity index (χ0) is 18.6. The van der Waals surface area contributed by atoms with Crippen LogP contribution in [0.15, 0.2) is 48.7 Å². The van der Waals surface area contributed by atoms with Crippen molar-refractivity contribution in [2.75, 3.05) is 44.2 Å². The van der Waals surface area contributed by atoms with Crippen LogP contribution in [0, 0.1) is 0 Å². The molecule has 27 heavy (non-hydrogen) atoms. The quantitative estimate of drug-likeness (QED) is 0.682. The molecule has 2 N–H and O–H groups in total. The Balaban J connectivity index is 1.23. The molecule has 0 spiro atoms. The number of aromatic amines is 1. The second kappa shape index (κ2) is 8.17. The van der Waals surface area contributed by atoms with Gasteiger partial charge in [-0.1, -0.05) is 11.6 Å². The van der Waals surface area contributed by atoms with Crippen LogP contribution < -0.4 is 9.64 Å². The van der Waals surface area contributed by atoms with Crippen molar-refractivity contribution in [1.29, 1.82) is 0 Å². The van der Waals surface area contributed by atoms with Gasteiger partial charge in [0.05, 0.1) is 11.7 Å². The molecule has 1 aliphatic heterocycles. The van der Waals surface area contributed by atoms with Crippen LogP contribution in [0.5, 0.6) is 5.75 Å². The van der Waals surface area contributed by atoms with E-state index in [4.69, 9.17) is 16.3 Å². The van der Waals surface area contributed by atoms with Gasteiger partial charge < -0.3 is 14.7 Å². The predicted molar refractivity (Wildman–Crippen MR) is 108 cm³/mol. The second-order valence-corrected chi connectivity index (χ2v) is 7.28. The molecule has 6 nitrogen and oxygen atoms in total. The molecule has 0 saturated carbocycles. The highest BCUT2D eigenvalue weighted by Crippen LogP contribution is 2.20. The minimum atomic E-state index is -0.521. The number of hydrogen-bond acceptors (Lipinski definition) is 5. The first-order valence-corrected chi connectivity index (χ1v) is 9.52. The van der Waals surface area contributed by atoms with E-state index in [9.17, 15) is 5.11 Å². The zero-order valence-electron chi connectivity index (χ0n) is 15.0. The SMILES string of the molecule is OC(COc1ccc2[nH]ncc2c1)CN1CCN(c2ccc(Cl)cc2)CC1. The number of piperazine rings is 1. The maximum atomic E-state index is 10.3. The summed E-state index contributed by atoms with van der Waals surface area (Å²) >= 11 is 5.96. The molecule has 0 bridgehead atoms. The molecule has 2 heterocycles. The first-order chi connectivity index (χ1) is 13.2. The van der Waals surface area contributed by atoms with Crippen molar-refractivity contribution in [2.24, 2.45) is 0 Å². The number of rotatable bonds is 6. The fourth-order valence-electron chi connectivity index (χ4n) is 3.39. The molecule has 1 unspecified atom stereocenters. The number of anilines is 1. The molecule has 142 valence electrons. The van der Waals surface area contributed by atoms with Gasteiger partial charge in [0.15, 0.2) is 0 Å². The van der Waals surface area contributed by atoms with Crippen LogP contribution in [-0.4, -0.2) is 65.6 Å². The molecule has 2 aromatic carbocycles. The molecule has 0 amide bonds. The van der Waals surface area contributed by atoms with Gasteiger partial charge in [-0.05, 0) is 42.5 Å². The van der Waals surface area contributed by atoms with Gasteiger partial charge in [0, 0.05) is 48.8 Å². The van der Waals surface area contributed by atoms with Crippen molar-refractivity contribution in [3.8, 4) is 5.75 Å². The molecule has 1 aliphatic rings. The minimum absolute atomic E-state index is 0.279. The van der Waals surface area contributed by atoms with Crippen LogP contribution in [0.4, 0.5) is 5.69 Å². The molecule has 7 heteroatoms. The zero-order valence-corrected chi connectivity index (χ0v) is 15.8. The summed E-state index contributed by atoms with van der Waals surface area (Å²) in [5.74, 6) is 0.746. The molecule has 0 aliphatic carbocycles. The molecule has 1 atom stereocenters. The highest BCUT2D eigenvalue weighted by Gasteiger charge is 2.19. The maximum absolute atomic E-state index is 10.3. The smallest absolute Gasteiger partial charge is 0.120 e. The Morgan fingerprint density at radius 3 is 2.67 bits per heavy atom. The van der Waals surface area contributed by atoms with Crippen LogP contribution in [0.3, 0.4) is 0 Å². The summed E-state index contributed by atoms with van der Waals surface area (Å²) in [4.78, 5) is 4.62. The maximum Gasteiger partial charge on any atom is 0.120 e. The summed E-state index contributed by atoms with van der Waals surface area (Å²) in [6, 6.07) is 13.7. The van der Waals surface area contributed by atoms with Gasteiger partial charge in [0.2, 0.25) is 0 Å². The van der Waals surface area contributed by atoms with Crippen molar-refractivity contribution in [2.45, 2.75) is 6.10 Å². The number of benzene rings is 2. The molecular formula is C20H23ClN4O2. The van der Waals surface area contributed by atoms with E-state index >= 15 is 0 Å². The Morgan fingerprint density at radius 1 is 1.11 bits per heavy atom. The van der Waals surface area contributed by atoms with Crippen LogP contribution >= 0.6 is 11.6 Å². The standard InChI is InChI=1S/C20H23ClN4O2/c21-16-1-3-17(4-2-16)25-9-7-24(8-10-25)13-18(26)14-27-19-5-6-20-15(11-19)12-22-23-20/h1-6,11-12,18,26H,7-10,13-14H2,(H,22,23). The summed E-state index contributed by atoms with van der Waals surface area (Å²) in [6.07, 6.45) is 1.24. The molecule has 3 aromatic rings. The number of β-amino-alcohol motifs (C(OH)–C–C–N with tert-alkyl or cyclic N) is 1.